The van der Waals surface area contributed by atoms with Gasteiger partial charge in [0.1, 0.15) is 0 Å². The Hall–Kier alpha value is 0. The Morgan fingerprint density at radius 3 is 2.08 bits per heavy atom. The van der Waals surface area contributed by atoms with E-state index >= 15 is 0 Å². The monoisotopic (exact) mass is 179 g/mol. The summed E-state index contributed by atoms with van der Waals surface area (Å²) in [5.41, 5.74) is 0. The van der Waals surface area contributed by atoms with Crippen molar-refractivity contribution in [1.29, 1.82) is 0 Å². The van der Waals surface area contributed by atoms with Gasteiger partial charge in [-0.25, -0.2) is 0 Å². The van der Waals surface area contributed by atoms with Crippen LogP contribution in [0.25, 0.3) is 0 Å². The number of hydrogen-bond donors (Lipinski definition) is 0. The first-order valence-electron chi connectivity index (χ1n) is 6.21. The largest absolute Gasteiger partial charge is 0.0625 e. The molecule has 0 aromatic heterocycles. The van der Waals surface area contributed by atoms with Gasteiger partial charge in [-0.2, -0.15) is 0 Å². The highest BCUT2D eigenvalue weighted by Crippen LogP contribution is 2.41. The Labute approximate surface area is 83.1 Å². The molecule has 2 saturated carbocycles. The molecule has 0 spiro atoms. The second-order valence-corrected chi connectivity index (χ2v) is 5.18. The SMILES string of the molecule is CC1CC[C](C2CCCCC2)CC1. The molecule has 0 saturated heterocycles. The van der Waals surface area contributed by atoms with Gasteiger partial charge in [0.2, 0.25) is 0 Å². The molecule has 0 bridgehead atoms. The normalized spacial score (nSPS) is 29.3. The van der Waals surface area contributed by atoms with Gasteiger partial charge in [-0.3, -0.25) is 0 Å². The molecular weight excluding hydrogens is 156 g/mol. The highest BCUT2D eigenvalue weighted by Gasteiger charge is 2.27. The van der Waals surface area contributed by atoms with Crippen LogP contribution in [0.2, 0.25) is 0 Å². The van der Waals surface area contributed by atoms with Crippen molar-refractivity contribution >= 4 is 0 Å². The summed E-state index contributed by atoms with van der Waals surface area (Å²) in [5.74, 6) is 3.99. The van der Waals surface area contributed by atoms with Crippen LogP contribution in [0.5, 0.6) is 0 Å². The van der Waals surface area contributed by atoms with Gasteiger partial charge < -0.3 is 0 Å². The molecule has 13 heavy (non-hydrogen) atoms. The lowest BCUT2D eigenvalue weighted by atomic mass is 9.71. The number of rotatable bonds is 1. The van der Waals surface area contributed by atoms with Gasteiger partial charge in [0.25, 0.3) is 0 Å². The van der Waals surface area contributed by atoms with Crippen LogP contribution in [0.1, 0.15) is 64.7 Å². The molecule has 0 aromatic rings. The molecule has 2 rings (SSSR count). The van der Waals surface area contributed by atoms with Gasteiger partial charge >= 0.3 is 0 Å². The van der Waals surface area contributed by atoms with Gasteiger partial charge in [0.15, 0.2) is 0 Å². The minimum Gasteiger partial charge on any atom is -0.0625 e. The molecule has 0 N–H and O–H groups in total. The summed E-state index contributed by atoms with van der Waals surface area (Å²) in [7, 11) is 0. The third-order valence-corrected chi connectivity index (χ3v) is 4.10. The maximum Gasteiger partial charge on any atom is -0.0210 e. The van der Waals surface area contributed by atoms with Crippen LogP contribution in [0.15, 0.2) is 0 Å². The Balaban J connectivity index is 1.79. The lowest BCUT2D eigenvalue weighted by Crippen LogP contribution is -2.20. The van der Waals surface area contributed by atoms with E-state index in [2.05, 4.69) is 6.92 Å². The van der Waals surface area contributed by atoms with E-state index < -0.39 is 0 Å². The van der Waals surface area contributed by atoms with Crippen LogP contribution in [0.3, 0.4) is 0 Å². The van der Waals surface area contributed by atoms with E-state index in [1.54, 1.807) is 0 Å². The van der Waals surface area contributed by atoms with Crippen molar-refractivity contribution in [1.82, 2.24) is 0 Å². The zero-order chi connectivity index (χ0) is 9.10. The maximum absolute atomic E-state index is 2.41. The zero-order valence-electron chi connectivity index (χ0n) is 9.02. The Morgan fingerprint density at radius 2 is 1.46 bits per heavy atom. The zero-order valence-corrected chi connectivity index (χ0v) is 9.02. The Morgan fingerprint density at radius 1 is 0.846 bits per heavy atom. The molecular formula is C13H23. The van der Waals surface area contributed by atoms with Gasteiger partial charge in [-0.15, -0.1) is 0 Å². The molecule has 0 heterocycles. The second kappa shape index (κ2) is 4.48. The van der Waals surface area contributed by atoms with Crippen LogP contribution < -0.4 is 0 Å². The van der Waals surface area contributed by atoms with E-state index in [4.69, 9.17) is 0 Å². The molecule has 0 atom stereocenters. The molecule has 2 aliphatic rings. The first-order chi connectivity index (χ1) is 6.36. The highest BCUT2D eigenvalue weighted by molar-refractivity contribution is 5.00. The standard InChI is InChI=1S/C13H23/c1-11-7-9-13(10-8-11)12-5-3-2-4-6-12/h11-12H,2-10H2,1H3. The minimum absolute atomic E-state index is 1.01. The van der Waals surface area contributed by atoms with E-state index in [0.717, 1.165) is 11.8 Å². The molecule has 0 heteroatoms. The first-order valence-corrected chi connectivity index (χ1v) is 6.21. The van der Waals surface area contributed by atoms with E-state index in [9.17, 15) is 0 Å². The van der Waals surface area contributed by atoms with Gasteiger partial charge in [0, 0.05) is 0 Å². The molecule has 0 aromatic carbocycles. The van der Waals surface area contributed by atoms with E-state index in [1.165, 1.54) is 57.8 Å². The number of hydrogen-bond acceptors (Lipinski definition) is 0. The molecule has 1 radical (unpaired) electrons. The molecule has 75 valence electrons. The topological polar surface area (TPSA) is 0 Å². The lowest BCUT2D eigenvalue weighted by Gasteiger charge is -2.34. The fourth-order valence-electron chi connectivity index (χ4n) is 3.05. The molecule has 0 unspecified atom stereocenters. The summed E-state index contributed by atoms with van der Waals surface area (Å²) in [4.78, 5) is 0. The summed E-state index contributed by atoms with van der Waals surface area (Å²) in [6, 6.07) is 0. The van der Waals surface area contributed by atoms with Crippen LogP contribution in [0, 0.1) is 17.8 Å². The molecule has 0 amide bonds. The predicted molar refractivity (Wildman–Crippen MR) is 57.5 cm³/mol. The molecule has 0 aliphatic heterocycles. The third kappa shape index (κ3) is 2.48. The van der Waals surface area contributed by atoms with Crippen molar-refractivity contribution < 1.29 is 0 Å². The van der Waals surface area contributed by atoms with Crippen molar-refractivity contribution in [3.63, 3.8) is 0 Å². The second-order valence-electron chi connectivity index (χ2n) is 5.18. The van der Waals surface area contributed by atoms with Crippen molar-refractivity contribution in [2.24, 2.45) is 11.8 Å². The van der Waals surface area contributed by atoms with E-state index in [1.807, 2.05) is 5.92 Å². The van der Waals surface area contributed by atoms with Gasteiger partial charge in [-0.05, 0) is 43.4 Å². The van der Waals surface area contributed by atoms with Crippen molar-refractivity contribution in [2.45, 2.75) is 64.7 Å². The molecule has 0 nitrogen and oxygen atoms in total. The first kappa shape index (κ1) is 9.55. The summed E-state index contributed by atoms with van der Waals surface area (Å²) in [6.45, 7) is 2.41. The fourth-order valence-corrected chi connectivity index (χ4v) is 3.05. The van der Waals surface area contributed by atoms with Crippen LogP contribution >= 0.6 is 0 Å². The van der Waals surface area contributed by atoms with Crippen LogP contribution in [-0.2, 0) is 0 Å². The molecule has 2 aliphatic carbocycles. The summed E-state index contributed by atoms with van der Waals surface area (Å²) in [6.07, 6.45) is 13.4. The van der Waals surface area contributed by atoms with E-state index in [-0.39, 0.29) is 0 Å². The van der Waals surface area contributed by atoms with Gasteiger partial charge in [-0.1, -0.05) is 39.0 Å². The van der Waals surface area contributed by atoms with E-state index in [0.29, 0.717) is 0 Å². The average Bonchev–Trinajstić information content (AvgIpc) is 2.20. The lowest BCUT2D eigenvalue weighted by molar-refractivity contribution is 0.295. The summed E-state index contributed by atoms with van der Waals surface area (Å²) >= 11 is 0. The minimum atomic E-state index is 1.01. The highest BCUT2D eigenvalue weighted by atomic mass is 14.3. The predicted octanol–water partition coefficient (Wildman–Crippen LogP) is 4.35. The average molecular weight is 179 g/mol. The van der Waals surface area contributed by atoms with Crippen LogP contribution in [-0.4, -0.2) is 0 Å². The van der Waals surface area contributed by atoms with Crippen molar-refractivity contribution in [2.75, 3.05) is 0 Å². The summed E-state index contributed by atoms with van der Waals surface area (Å²) < 4.78 is 0. The van der Waals surface area contributed by atoms with Crippen molar-refractivity contribution in [3.05, 3.63) is 5.92 Å². The van der Waals surface area contributed by atoms with Gasteiger partial charge in [0.05, 0.1) is 0 Å². The smallest absolute Gasteiger partial charge is 0.0210 e. The Bertz CT molecular complexity index is 136. The third-order valence-electron chi connectivity index (χ3n) is 4.10. The van der Waals surface area contributed by atoms with Crippen LogP contribution in [0.4, 0.5) is 0 Å². The quantitative estimate of drug-likeness (QED) is 0.561. The molecule has 2 fully saturated rings. The van der Waals surface area contributed by atoms with Crippen molar-refractivity contribution in [3.8, 4) is 0 Å². The fraction of sp³-hybridized carbons (Fsp3) is 0.923. The Kier molecular flexibility index (Phi) is 3.29. The maximum atomic E-state index is 2.41. The summed E-state index contributed by atoms with van der Waals surface area (Å²) in [5, 5.41) is 0.